The highest BCUT2D eigenvalue weighted by molar-refractivity contribution is 5.87. The summed E-state index contributed by atoms with van der Waals surface area (Å²) < 4.78 is 5.59. The summed E-state index contributed by atoms with van der Waals surface area (Å²) in [6.07, 6.45) is 2.94. The Labute approximate surface area is 188 Å². The minimum absolute atomic E-state index is 0.0119. The van der Waals surface area contributed by atoms with Crippen molar-refractivity contribution in [2.45, 2.75) is 51.2 Å². The van der Waals surface area contributed by atoms with Gasteiger partial charge in [0.2, 0.25) is 5.56 Å². The summed E-state index contributed by atoms with van der Waals surface area (Å²) >= 11 is 0. The van der Waals surface area contributed by atoms with Crippen molar-refractivity contribution in [2.75, 3.05) is 20.3 Å². The number of rotatable bonds is 8. The number of aliphatic hydroxyl groups is 1. The minimum Gasteiger partial charge on any atom is -0.506 e. The van der Waals surface area contributed by atoms with Crippen LogP contribution in [0.4, 0.5) is 0 Å². The fourth-order valence-corrected chi connectivity index (χ4v) is 5.10. The molecule has 1 aromatic heterocycles. The average Bonchev–Trinajstić information content (AvgIpc) is 3.14. The number of aromatic amines is 1. The molecule has 2 aromatic carbocycles. The van der Waals surface area contributed by atoms with Crippen molar-refractivity contribution in [3.8, 4) is 5.75 Å². The number of hydrogen-bond donors (Lipinski definition) is 4. The zero-order chi connectivity index (χ0) is 22.9. The SMILES string of the molecule is CCc1cc2c(cc1CC)CC(COC)(NC[C@H](O)c1ccc(O)c3[nH]c(=O)ccc13)C2. The average molecular weight is 437 g/mol. The molecular weight excluding hydrogens is 404 g/mol. The van der Waals surface area contributed by atoms with Gasteiger partial charge in [-0.25, -0.2) is 0 Å². The molecule has 0 saturated carbocycles. The van der Waals surface area contributed by atoms with E-state index in [1.54, 1.807) is 19.2 Å². The van der Waals surface area contributed by atoms with Gasteiger partial charge in [-0.3, -0.25) is 4.79 Å². The molecule has 0 aliphatic heterocycles. The lowest BCUT2D eigenvalue weighted by molar-refractivity contribution is 0.0949. The van der Waals surface area contributed by atoms with Crippen LogP contribution in [0.2, 0.25) is 0 Å². The van der Waals surface area contributed by atoms with Crippen molar-refractivity contribution in [3.05, 3.63) is 74.6 Å². The molecule has 0 fully saturated rings. The first kappa shape index (κ1) is 22.5. The summed E-state index contributed by atoms with van der Waals surface area (Å²) in [5.41, 5.74) is 5.94. The second-order valence-electron chi connectivity index (χ2n) is 8.85. The zero-order valence-corrected chi connectivity index (χ0v) is 19.0. The maximum atomic E-state index is 11.7. The number of methoxy groups -OCH3 is 1. The molecule has 0 amide bonds. The summed E-state index contributed by atoms with van der Waals surface area (Å²) in [4.78, 5) is 14.3. The number of hydrogen-bond acceptors (Lipinski definition) is 5. The van der Waals surface area contributed by atoms with E-state index in [1.807, 2.05) is 0 Å². The van der Waals surface area contributed by atoms with Crippen LogP contribution in [-0.4, -0.2) is 41.0 Å². The summed E-state index contributed by atoms with van der Waals surface area (Å²) in [5, 5.41) is 25.4. The molecule has 6 nitrogen and oxygen atoms in total. The van der Waals surface area contributed by atoms with Crippen LogP contribution in [0.5, 0.6) is 5.75 Å². The van der Waals surface area contributed by atoms with Gasteiger partial charge in [-0.15, -0.1) is 0 Å². The van der Waals surface area contributed by atoms with E-state index >= 15 is 0 Å². The Morgan fingerprint density at radius 3 is 2.34 bits per heavy atom. The van der Waals surface area contributed by atoms with E-state index in [0.29, 0.717) is 29.6 Å². The number of β-amino-alcohol motifs (C(OH)–C–C–N with tert-alkyl or cyclic N) is 1. The Kier molecular flexibility index (Phi) is 6.38. The van der Waals surface area contributed by atoms with Crippen LogP contribution in [0, 0.1) is 0 Å². The highest BCUT2D eigenvalue weighted by Crippen LogP contribution is 2.34. The van der Waals surface area contributed by atoms with Crippen molar-refractivity contribution >= 4 is 10.9 Å². The van der Waals surface area contributed by atoms with Gasteiger partial charge in [0.25, 0.3) is 0 Å². The number of aromatic hydroxyl groups is 1. The standard InChI is InChI=1S/C26H32N2O4/c1-4-16-10-18-12-26(15-32-3,13-19(18)11-17(16)5-2)27-14-23(30)20-6-8-22(29)25-21(20)7-9-24(31)28-25/h6-11,23,27,29-30H,4-5,12-15H2,1-3H3,(H,28,31)/t23-/m0/s1. The number of aromatic nitrogens is 1. The van der Waals surface area contributed by atoms with Gasteiger partial charge >= 0.3 is 0 Å². The second-order valence-corrected chi connectivity index (χ2v) is 8.85. The van der Waals surface area contributed by atoms with Crippen molar-refractivity contribution in [2.24, 2.45) is 0 Å². The predicted octanol–water partition coefficient (Wildman–Crippen LogP) is 3.17. The number of ether oxygens (including phenoxy) is 1. The maximum absolute atomic E-state index is 11.7. The van der Waals surface area contributed by atoms with Crippen molar-refractivity contribution < 1.29 is 14.9 Å². The number of aliphatic hydroxyl groups excluding tert-OH is 1. The van der Waals surface area contributed by atoms with Gasteiger partial charge in [0.05, 0.1) is 18.2 Å². The Bertz CT molecular complexity index is 1150. The smallest absolute Gasteiger partial charge is 0.248 e. The van der Waals surface area contributed by atoms with Crippen molar-refractivity contribution in [1.82, 2.24) is 10.3 Å². The van der Waals surface area contributed by atoms with E-state index in [9.17, 15) is 15.0 Å². The quantitative estimate of drug-likeness (QED) is 0.435. The number of phenolic OH excluding ortho intramolecular Hbond substituents is 1. The van der Waals surface area contributed by atoms with Gasteiger partial charge < -0.3 is 25.3 Å². The molecule has 0 bridgehead atoms. The Hall–Kier alpha value is -2.67. The summed E-state index contributed by atoms with van der Waals surface area (Å²) in [7, 11) is 1.71. The first-order valence-corrected chi connectivity index (χ1v) is 11.3. The van der Waals surface area contributed by atoms with Gasteiger partial charge in [0, 0.05) is 30.6 Å². The highest BCUT2D eigenvalue weighted by Gasteiger charge is 2.38. The number of H-pyrrole nitrogens is 1. The molecule has 170 valence electrons. The Morgan fingerprint density at radius 1 is 1.09 bits per heavy atom. The second kappa shape index (κ2) is 9.06. The first-order chi connectivity index (χ1) is 15.4. The van der Waals surface area contributed by atoms with Crippen molar-refractivity contribution in [3.63, 3.8) is 0 Å². The number of fused-ring (bicyclic) bond motifs is 2. The number of pyridine rings is 1. The molecular formula is C26H32N2O4. The van der Waals surface area contributed by atoms with Crippen LogP contribution in [0.1, 0.15) is 47.8 Å². The molecule has 1 aliphatic carbocycles. The lowest BCUT2D eigenvalue weighted by atomic mass is 9.95. The predicted molar refractivity (Wildman–Crippen MR) is 126 cm³/mol. The van der Waals surface area contributed by atoms with Crippen LogP contribution in [0.15, 0.2) is 41.2 Å². The number of aryl methyl sites for hydroxylation is 2. The monoisotopic (exact) mass is 436 g/mol. The molecule has 0 radical (unpaired) electrons. The fourth-order valence-electron chi connectivity index (χ4n) is 5.10. The zero-order valence-electron chi connectivity index (χ0n) is 19.0. The number of benzene rings is 2. The topological polar surface area (TPSA) is 94.6 Å². The van der Waals surface area contributed by atoms with E-state index in [1.165, 1.54) is 34.4 Å². The summed E-state index contributed by atoms with van der Waals surface area (Å²) in [5.74, 6) is -0.0119. The van der Waals surface area contributed by atoms with Crippen LogP contribution < -0.4 is 10.9 Å². The minimum atomic E-state index is -0.807. The van der Waals surface area contributed by atoms with Gasteiger partial charge in [0.15, 0.2) is 0 Å². The molecule has 6 heteroatoms. The molecule has 3 aromatic rings. The van der Waals surface area contributed by atoms with E-state index < -0.39 is 6.10 Å². The Morgan fingerprint density at radius 2 is 1.75 bits per heavy atom. The van der Waals surface area contributed by atoms with Crippen LogP contribution in [0.3, 0.4) is 0 Å². The molecule has 4 N–H and O–H groups in total. The van der Waals surface area contributed by atoms with Crippen LogP contribution in [0.25, 0.3) is 10.9 Å². The third-order valence-corrected chi connectivity index (χ3v) is 6.70. The van der Waals surface area contributed by atoms with E-state index in [0.717, 1.165) is 25.7 Å². The molecule has 0 saturated heterocycles. The molecule has 1 atom stereocenters. The Balaban J connectivity index is 1.58. The lowest BCUT2D eigenvalue weighted by Crippen LogP contribution is -2.51. The van der Waals surface area contributed by atoms with Gasteiger partial charge in [0.1, 0.15) is 5.75 Å². The molecule has 1 heterocycles. The highest BCUT2D eigenvalue weighted by atomic mass is 16.5. The van der Waals surface area contributed by atoms with Gasteiger partial charge in [-0.1, -0.05) is 32.0 Å². The summed E-state index contributed by atoms with van der Waals surface area (Å²) in [6.45, 7) is 5.27. The van der Waals surface area contributed by atoms with Crippen LogP contribution in [-0.2, 0) is 30.4 Å². The fraction of sp³-hybridized carbons (Fsp3) is 0.423. The number of phenols is 1. The third kappa shape index (κ3) is 4.18. The number of nitrogens with one attached hydrogen (secondary N) is 2. The maximum Gasteiger partial charge on any atom is 0.248 e. The van der Waals surface area contributed by atoms with E-state index in [2.05, 4.69) is 36.3 Å². The molecule has 0 spiro atoms. The van der Waals surface area contributed by atoms with E-state index in [-0.39, 0.29) is 16.8 Å². The lowest BCUT2D eigenvalue weighted by Gasteiger charge is -2.31. The van der Waals surface area contributed by atoms with Gasteiger partial charge in [-0.05, 0) is 65.6 Å². The normalized spacial score (nSPS) is 15.8. The largest absolute Gasteiger partial charge is 0.506 e. The molecule has 4 rings (SSSR count). The summed E-state index contributed by atoms with van der Waals surface area (Å²) in [6, 6.07) is 10.9. The van der Waals surface area contributed by atoms with Gasteiger partial charge in [-0.2, -0.15) is 0 Å². The van der Waals surface area contributed by atoms with E-state index in [4.69, 9.17) is 4.74 Å². The molecule has 0 unspecified atom stereocenters. The van der Waals surface area contributed by atoms with Crippen LogP contribution >= 0.6 is 0 Å². The van der Waals surface area contributed by atoms with Crippen molar-refractivity contribution in [1.29, 1.82) is 0 Å². The third-order valence-electron chi connectivity index (χ3n) is 6.70. The first-order valence-electron chi connectivity index (χ1n) is 11.3. The molecule has 1 aliphatic rings. The molecule has 32 heavy (non-hydrogen) atoms.